The highest BCUT2D eigenvalue weighted by atomic mass is 16.5. The molecule has 0 aliphatic heterocycles. The molecule has 148 valence electrons. The van der Waals surface area contributed by atoms with Crippen molar-refractivity contribution in [2.75, 3.05) is 11.9 Å². The number of fused-ring (bicyclic) bond motifs is 1. The number of benzene rings is 2. The lowest BCUT2D eigenvalue weighted by Crippen LogP contribution is -2.22. The molecule has 0 saturated carbocycles. The fourth-order valence-electron chi connectivity index (χ4n) is 3.13. The lowest BCUT2D eigenvalue weighted by molar-refractivity contribution is -0.119. The zero-order chi connectivity index (χ0) is 21.0. The van der Waals surface area contributed by atoms with Crippen LogP contribution < -0.4 is 5.32 Å². The van der Waals surface area contributed by atoms with Crippen molar-refractivity contribution in [3.8, 4) is 0 Å². The number of aromatic nitrogens is 1. The second-order valence-electron chi connectivity index (χ2n) is 6.40. The Hall–Kier alpha value is -3.74. The molecule has 1 aromatic heterocycles. The Kier molecular flexibility index (Phi) is 5.87. The highest BCUT2D eigenvalue weighted by Crippen LogP contribution is 2.24. The molecule has 3 rings (SSSR count). The first-order valence-corrected chi connectivity index (χ1v) is 9.09. The summed E-state index contributed by atoms with van der Waals surface area (Å²) in [5.41, 5.74) is 2.66. The van der Waals surface area contributed by atoms with Crippen LogP contribution in [0, 0.1) is 6.92 Å². The standard InChI is InChI=1S/C22H20N2O5/c1-3-16-13(2)20(14-8-4-6-10-17(14)23-16)22(28)29-12-19(25)24-18-11-7-5-9-15(18)21(26)27/h4-11H,3,12H2,1-2H3,(H,24,25)(H,26,27). The molecular formula is C22H20N2O5. The van der Waals surface area contributed by atoms with Gasteiger partial charge in [-0.05, 0) is 37.1 Å². The van der Waals surface area contributed by atoms with Crippen LogP contribution in [0.15, 0.2) is 48.5 Å². The topological polar surface area (TPSA) is 106 Å². The maximum atomic E-state index is 12.8. The Labute approximate surface area is 167 Å². The summed E-state index contributed by atoms with van der Waals surface area (Å²) >= 11 is 0. The van der Waals surface area contributed by atoms with Crippen LogP contribution in [0.25, 0.3) is 10.9 Å². The molecule has 0 atom stereocenters. The van der Waals surface area contributed by atoms with E-state index in [4.69, 9.17) is 4.74 Å². The van der Waals surface area contributed by atoms with E-state index in [-0.39, 0.29) is 11.3 Å². The second kappa shape index (κ2) is 8.52. The van der Waals surface area contributed by atoms with Crippen LogP contribution >= 0.6 is 0 Å². The summed E-state index contributed by atoms with van der Waals surface area (Å²) in [5, 5.41) is 12.3. The van der Waals surface area contributed by atoms with Crippen molar-refractivity contribution in [1.29, 1.82) is 0 Å². The van der Waals surface area contributed by atoms with Gasteiger partial charge >= 0.3 is 11.9 Å². The highest BCUT2D eigenvalue weighted by molar-refractivity contribution is 6.06. The quantitative estimate of drug-likeness (QED) is 0.621. The third-order valence-corrected chi connectivity index (χ3v) is 4.54. The number of carbonyl (C=O) groups is 3. The summed E-state index contributed by atoms with van der Waals surface area (Å²) in [6.45, 7) is 3.22. The first kappa shape index (κ1) is 20.0. The number of para-hydroxylation sites is 2. The van der Waals surface area contributed by atoms with E-state index in [2.05, 4.69) is 10.3 Å². The summed E-state index contributed by atoms with van der Waals surface area (Å²) in [7, 11) is 0. The van der Waals surface area contributed by atoms with Crippen LogP contribution in [0.3, 0.4) is 0 Å². The van der Waals surface area contributed by atoms with Crippen molar-refractivity contribution in [3.05, 3.63) is 70.9 Å². The Morgan fingerprint density at radius 2 is 1.76 bits per heavy atom. The Morgan fingerprint density at radius 3 is 2.48 bits per heavy atom. The minimum Gasteiger partial charge on any atom is -0.478 e. The minimum absolute atomic E-state index is 0.0456. The van der Waals surface area contributed by atoms with Gasteiger partial charge in [-0.1, -0.05) is 37.3 Å². The van der Waals surface area contributed by atoms with Gasteiger partial charge in [-0.2, -0.15) is 0 Å². The molecular weight excluding hydrogens is 372 g/mol. The van der Waals surface area contributed by atoms with Crippen LogP contribution in [0.2, 0.25) is 0 Å². The van der Waals surface area contributed by atoms with Gasteiger partial charge in [-0.15, -0.1) is 0 Å². The van der Waals surface area contributed by atoms with E-state index < -0.39 is 24.5 Å². The molecule has 0 saturated heterocycles. The average molecular weight is 392 g/mol. The number of carboxylic acids is 1. The number of rotatable bonds is 6. The van der Waals surface area contributed by atoms with Gasteiger partial charge in [0.2, 0.25) is 0 Å². The van der Waals surface area contributed by atoms with Crippen LogP contribution in [0.1, 0.15) is 38.9 Å². The van der Waals surface area contributed by atoms with Gasteiger partial charge in [0.15, 0.2) is 6.61 Å². The van der Waals surface area contributed by atoms with E-state index >= 15 is 0 Å². The van der Waals surface area contributed by atoms with Gasteiger partial charge in [0, 0.05) is 11.1 Å². The van der Waals surface area contributed by atoms with Crippen molar-refractivity contribution in [2.24, 2.45) is 0 Å². The van der Waals surface area contributed by atoms with Gasteiger partial charge in [0.1, 0.15) is 0 Å². The zero-order valence-electron chi connectivity index (χ0n) is 16.1. The van der Waals surface area contributed by atoms with Crippen molar-refractivity contribution < 1.29 is 24.2 Å². The Balaban J connectivity index is 1.79. The largest absolute Gasteiger partial charge is 0.478 e. The maximum Gasteiger partial charge on any atom is 0.339 e. The molecule has 0 aliphatic rings. The smallest absolute Gasteiger partial charge is 0.339 e. The summed E-state index contributed by atoms with van der Waals surface area (Å²) in [5.74, 6) is -2.42. The number of hydrogen-bond acceptors (Lipinski definition) is 5. The molecule has 0 bridgehead atoms. The van der Waals surface area contributed by atoms with Crippen LogP contribution in [0.4, 0.5) is 5.69 Å². The molecule has 2 aromatic carbocycles. The van der Waals surface area contributed by atoms with Crippen molar-refractivity contribution >= 4 is 34.4 Å². The molecule has 2 N–H and O–H groups in total. The van der Waals surface area contributed by atoms with Gasteiger partial charge in [0.25, 0.3) is 5.91 Å². The lowest BCUT2D eigenvalue weighted by Gasteiger charge is -2.13. The number of esters is 1. The fourth-order valence-corrected chi connectivity index (χ4v) is 3.13. The molecule has 0 spiro atoms. The number of pyridine rings is 1. The molecule has 0 radical (unpaired) electrons. The SMILES string of the molecule is CCc1nc2ccccc2c(C(=O)OCC(=O)Nc2ccccc2C(=O)O)c1C. The number of anilines is 1. The predicted octanol–water partition coefficient (Wildman–Crippen LogP) is 3.60. The van der Waals surface area contributed by atoms with Crippen LogP contribution in [0.5, 0.6) is 0 Å². The third kappa shape index (κ3) is 4.24. The Bertz CT molecular complexity index is 1110. The third-order valence-electron chi connectivity index (χ3n) is 4.54. The zero-order valence-corrected chi connectivity index (χ0v) is 16.1. The fraction of sp³-hybridized carbons (Fsp3) is 0.182. The van der Waals surface area contributed by atoms with Gasteiger partial charge < -0.3 is 15.2 Å². The monoisotopic (exact) mass is 392 g/mol. The second-order valence-corrected chi connectivity index (χ2v) is 6.40. The van der Waals surface area contributed by atoms with Crippen LogP contribution in [-0.2, 0) is 16.0 Å². The maximum absolute atomic E-state index is 12.8. The van der Waals surface area contributed by atoms with Gasteiger partial charge in [-0.3, -0.25) is 9.78 Å². The number of nitrogens with zero attached hydrogens (tertiary/aromatic N) is 1. The Morgan fingerprint density at radius 1 is 1.07 bits per heavy atom. The first-order chi connectivity index (χ1) is 13.9. The minimum atomic E-state index is -1.16. The molecule has 0 aliphatic carbocycles. The molecule has 7 nitrogen and oxygen atoms in total. The van der Waals surface area contributed by atoms with E-state index in [0.717, 1.165) is 5.69 Å². The highest BCUT2D eigenvalue weighted by Gasteiger charge is 2.20. The summed E-state index contributed by atoms with van der Waals surface area (Å²) in [4.78, 5) is 40.8. The molecule has 0 fully saturated rings. The number of amides is 1. The molecule has 0 unspecified atom stereocenters. The van der Waals surface area contributed by atoms with E-state index in [9.17, 15) is 19.5 Å². The van der Waals surface area contributed by atoms with E-state index in [1.165, 1.54) is 12.1 Å². The van der Waals surface area contributed by atoms with Crippen LogP contribution in [-0.4, -0.2) is 34.5 Å². The molecule has 1 heterocycles. The average Bonchev–Trinajstić information content (AvgIpc) is 2.71. The first-order valence-electron chi connectivity index (χ1n) is 9.09. The molecule has 29 heavy (non-hydrogen) atoms. The number of aryl methyl sites for hydroxylation is 1. The predicted molar refractivity (Wildman–Crippen MR) is 108 cm³/mol. The number of aromatic carboxylic acids is 1. The molecule has 7 heteroatoms. The van der Waals surface area contributed by atoms with E-state index in [0.29, 0.717) is 28.5 Å². The van der Waals surface area contributed by atoms with E-state index in [1.54, 1.807) is 31.2 Å². The number of ether oxygens (including phenoxy) is 1. The molecule has 1 amide bonds. The van der Waals surface area contributed by atoms with Gasteiger partial charge in [0.05, 0.1) is 22.3 Å². The van der Waals surface area contributed by atoms with Crippen molar-refractivity contribution in [3.63, 3.8) is 0 Å². The number of carbonyl (C=O) groups excluding carboxylic acids is 2. The summed E-state index contributed by atoms with van der Waals surface area (Å²) in [6, 6.07) is 13.3. The number of nitrogens with one attached hydrogen (secondary N) is 1. The molecule has 3 aromatic rings. The number of hydrogen-bond donors (Lipinski definition) is 2. The van der Waals surface area contributed by atoms with E-state index in [1.807, 2.05) is 19.1 Å². The summed E-state index contributed by atoms with van der Waals surface area (Å²) in [6.07, 6.45) is 0.656. The van der Waals surface area contributed by atoms with Gasteiger partial charge in [-0.25, -0.2) is 9.59 Å². The normalized spacial score (nSPS) is 10.6. The van der Waals surface area contributed by atoms with Crippen molar-refractivity contribution in [1.82, 2.24) is 4.98 Å². The summed E-state index contributed by atoms with van der Waals surface area (Å²) < 4.78 is 5.22. The van der Waals surface area contributed by atoms with Crippen molar-refractivity contribution in [2.45, 2.75) is 20.3 Å². The lowest BCUT2D eigenvalue weighted by atomic mass is 10.0. The number of carboxylic acid groups (broad SMARTS) is 1.